The average Bonchev–Trinajstić information content (AvgIpc) is 2.96. The first-order valence-electron chi connectivity index (χ1n) is 6.34. The first-order chi connectivity index (χ1) is 10.2. The number of aryl methyl sites for hydroxylation is 1. The number of carbonyl (C=O) groups is 1. The highest BCUT2D eigenvalue weighted by atomic mass is 32.1. The van der Waals surface area contributed by atoms with Crippen LogP contribution in [0, 0.1) is 0 Å². The van der Waals surface area contributed by atoms with Crippen molar-refractivity contribution in [3.8, 4) is 11.6 Å². The van der Waals surface area contributed by atoms with Crippen molar-refractivity contribution in [2.45, 2.75) is 13.3 Å². The number of hydrogen-bond donors (Lipinski definition) is 1. The lowest BCUT2D eigenvalue weighted by Crippen LogP contribution is -2.11. The van der Waals surface area contributed by atoms with Crippen LogP contribution in [0.5, 0.6) is 11.6 Å². The molecule has 21 heavy (non-hydrogen) atoms. The summed E-state index contributed by atoms with van der Waals surface area (Å²) in [6.07, 6.45) is 3.62. The summed E-state index contributed by atoms with van der Waals surface area (Å²) < 4.78 is 5.77. The van der Waals surface area contributed by atoms with Crippen LogP contribution >= 0.6 is 11.3 Å². The van der Waals surface area contributed by atoms with Crippen LogP contribution in [0.3, 0.4) is 0 Å². The fourth-order valence-electron chi connectivity index (χ4n) is 1.83. The summed E-state index contributed by atoms with van der Waals surface area (Å²) in [6, 6.07) is 3.45. The lowest BCUT2D eigenvalue weighted by Gasteiger charge is -2.07. The molecule has 0 saturated heterocycles. The van der Waals surface area contributed by atoms with Crippen LogP contribution in [0.25, 0.3) is 10.2 Å². The largest absolute Gasteiger partial charge is 0.437 e. The first kappa shape index (κ1) is 13.4. The minimum atomic E-state index is -0.550. The van der Waals surface area contributed by atoms with Crippen molar-refractivity contribution in [3.63, 3.8) is 0 Å². The average molecular weight is 300 g/mol. The molecule has 106 valence electrons. The molecule has 0 aliphatic rings. The van der Waals surface area contributed by atoms with Crippen LogP contribution in [0.1, 0.15) is 23.1 Å². The van der Waals surface area contributed by atoms with Crippen LogP contribution in [0.4, 0.5) is 0 Å². The molecule has 3 heterocycles. The van der Waals surface area contributed by atoms with E-state index in [-0.39, 0.29) is 0 Å². The third-order valence-corrected chi connectivity index (χ3v) is 3.67. The van der Waals surface area contributed by atoms with Gasteiger partial charge >= 0.3 is 0 Å². The lowest BCUT2D eigenvalue weighted by molar-refractivity contribution is 0.0999. The van der Waals surface area contributed by atoms with Crippen LogP contribution in [-0.4, -0.2) is 20.9 Å². The standard InChI is InChI=1S/C14H12N4O2S/c1-2-11-17-13(10-3-4-21-14(10)18-11)20-9-5-8(12(15)19)6-16-7-9/h3-7H,2H2,1H3,(H2,15,19). The van der Waals surface area contributed by atoms with Gasteiger partial charge in [-0.15, -0.1) is 11.3 Å². The molecule has 6 nitrogen and oxygen atoms in total. The van der Waals surface area contributed by atoms with Crippen LogP contribution in [0.15, 0.2) is 29.9 Å². The molecule has 3 aromatic rings. The number of rotatable bonds is 4. The Morgan fingerprint density at radius 1 is 1.38 bits per heavy atom. The van der Waals surface area contributed by atoms with E-state index >= 15 is 0 Å². The Kier molecular flexibility index (Phi) is 3.49. The fourth-order valence-corrected chi connectivity index (χ4v) is 2.60. The van der Waals surface area contributed by atoms with Crippen molar-refractivity contribution in [1.29, 1.82) is 0 Å². The highest BCUT2D eigenvalue weighted by Gasteiger charge is 2.11. The third-order valence-electron chi connectivity index (χ3n) is 2.86. The lowest BCUT2D eigenvalue weighted by atomic mass is 10.2. The predicted octanol–water partition coefficient (Wildman–Crippen LogP) is 2.54. The molecule has 0 atom stereocenters. The number of primary amides is 1. The van der Waals surface area contributed by atoms with E-state index in [9.17, 15) is 4.79 Å². The summed E-state index contributed by atoms with van der Waals surface area (Å²) in [5.41, 5.74) is 5.53. The number of amides is 1. The maximum absolute atomic E-state index is 11.2. The molecule has 0 saturated carbocycles. The maximum Gasteiger partial charge on any atom is 0.250 e. The second-order valence-corrected chi connectivity index (χ2v) is 5.21. The van der Waals surface area contributed by atoms with E-state index in [0.29, 0.717) is 29.4 Å². The maximum atomic E-state index is 11.2. The van der Waals surface area contributed by atoms with Crippen molar-refractivity contribution < 1.29 is 9.53 Å². The van der Waals surface area contributed by atoms with E-state index in [0.717, 1.165) is 10.2 Å². The summed E-state index contributed by atoms with van der Waals surface area (Å²) in [5, 5.41) is 2.77. The van der Waals surface area contributed by atoms with Crippen LogP contribution < -0.4 is 10.5 Å². The van der Waals surface area contributed by atoms with Gasteiger partial charge in [0.2, 0.25) is 11.8 Å². The van der Waals surface area contributed by atoms with Crippen molar-refractivity contribution >= 4 is 27.5 Å². The first-order valence-corrected chi connectivity index (χ1v) is 7.22. The molecular formula is C14H12N4O2S. The molecule has 3 aromatic heterocycles. The van der Waals surface area contributed by atoms with E-state index in [1.165, 1.54) is 23.7 Å². The molecule has 0 aromatic carbocycles. The zero-order chi connectivity index (χ0) is 14.8. The Hall–Kier alpha value is -2.54. The Morgan fingerprint density at radius 3 is 3.00 bits per heavy atom. The quantitative estimate of drug-likeness (QED) is 0.799. The van der Waals surface area contributed by atoms with E-state index in [1.54, 1.807) is 6.07 Å². The molecule has 2 N–H and O–H groups in total. The van der Waals surface area contributed by atoms with Gasteiger partial charge in [-0.1, -0.05) is 6.92 Å². The highest BCUT2D eigenvalue weighted by Crippen LogP contribution is 2.30. The second kappa shape index (κ2) is 5.45. The SMILES string of the molecule is CCc1nc(Oc2cncc(C(N)=O)c2)c2ccsc2n1. The third kappa shape index (κ3) is 2.68. The number of pyridine rings is 1. The molecule has 0 spiro atoms. The number of nitrogens with zero attached hydrogens (tertiary/aromatic N) is 3. The van der Waals surface area contributed by atoms with E-state index in [1.807, 2.05) is 18.4 Å². The van der Waals surface area contributed by atoms with Crippen molar-refractivity contribution in [1.82, 2.24) is 15.0 Å². The van der Waals surface area contributed by atoms with Crippen LogP contribution in [-0.2, 0) is 6.42 Å². The minimum absolute atomic E-state index is 0.291. The molecule has 3 rings (SSSR count). The number of fused-ring (bicyclic) bond motifs is 1. The number of hydrogen-bond acceptors (Lipinski definition) is 6. The highest BCUT2D eigenvalue weighted by molar-refractivity contribution is 7.16. The Morgan fingerprint density at radius 2 is 2.24 bits per heavy atom. The molecule has 0 aliphatic carbocycles. The summed E-state index contributed by atoms with van der Waals surface area (Å²) in [5.74, 6) is 1.03. The van der Waals surface area contributed by atoms with Gasteiger partial charge < -0.3 is 10.5 Å². The van der Waals surface area contributed by atoms with Gasteiger partial charge in [0.25, 0.3) is 0 Å². The van der Waals surface area contributed by atoms with Gasteiger partial charge in [-0.05, 0) is 17.5 Å². The zero-order valence-electron chi connectivity index (χ0n) is 11.2. The number of ether oxygens (including phenoxy) is 1. The number of aromatic nitrogens is 3. The molecule has 0 unspecified atom stereocenters. The Bertz CT molecular complexity index is 816. The van der Waals surface area contributed by atoms with Gasteiger partial charge in [-0.2, -0.15) is 4.98 Å². The molecule has 0 fully saturated rings. The second-order valence-electron chi connectivity index (χ2n) is 4.31. The molecule has 0 bridgehead atoms. The molecule has 7 heteroatoms. The molecule has 1 amide bonds. The summed E-state index contributed by atoms with van der Waals surface area (Å²) in [6.45, 7) is 1.98. The van der Waals surface area contributed by atoms with Gasteiger partial charge in [-0.3, -0.25) is 9.78 Å². The van der Waals surface area contributed by atoms with Gasteiger partial charge in [-0.25, -0.2) is 4.98 Å². The summed E-state index contributed by atoms with van der Waals surface area (Å²) in [4.78, 5) is 24.8. The zero-order valence-corrected chi connectivity index (χ0v) is 12.1. The Balaban J connectivity index is 2.03. The normalized spacial score (nSPS) is 10.7. The van der Waals surface area contributed by atoms with Gasteiger partial charge in [0, 0.05) is 12.6 Å². The summed E-state index contributed by atoms with van der Waals surface area (Å²) >= 11 is 1.53. The van der Waals surface area contributed by atoms with E-state index in [4.69, 9.17) is 10.5 Å². The summed E-state index contributed by atoms with van der Waals surface area (Å²) in [7, 11) is 0. The fraction of sp³-hybridized carbons (Fsp3) is 0.143. The Labute approximate surface area is 124 Å². The number of thiophene rings is 1. The number of nitrogens with two attached hydrogens (primary N) is 1. The topological polar surface area (TPSA) is 91.0 Å². The molecule has 0 aliphatic heterocycles. The van der Waals surface area contributed by atoms with Gasteiger partial charge in [0.15, 0.2) is 0 Å². The van der Waals surface area contributed by atoms with Crippen molar-refractivity contribution in [2.75, 3.05) is 0 Å². The monoisotopic (exact) mass is 300 g/mol. The van der Waals surface area contributed by atoms with Gasteiger partial charge in [0.1, 0.15) is 16.4 Å². The molecular weight excluding hydrogens is 288 g/mol. The smallest absolute Gasteiger partial charge is 0.250 e. The van der Waals surface area contributed by atoms with Crippen molar-refractivity contribution in [3.05, 3.63) is 41.3 Å². The number of carbonyl (C=O) groups excluding carboxylic acids is 1. The van der Waals surface area contributed by atoms with Crippen molar-refractivity contribution in [2.24, 2.45) is 5.73 Å². The predicted molar refractivity (Wildman–Crippen MR) is 79.6 cm³/mol. The van der Waals surface area contributed by atoms with E-state index < -0.39 is 5.91 Å². The molecule has 0 radical (unpaired) electrons. The van der Waals surface area contributed by atoms with Crippen LogP contribution in [0.2, 0.25) is 0 Å². The van der Waals surface area contributed by atoms with E-state index in [2.05, 4.69) is 15.0 Å². The minimum Gasteiger partial charge on any atom is -0.437 e. The van der Waals surface area contributed by atoms with Gasteiger partial charge in [0.05, 0.1) is 17.1 Å².